The molecular weight excluding hydrogens is 204 g/mol. The van der Waals surface area contributed by atoms with Gasteiger partial charge in [-0.1, -0.05) is 6.42 Å². The summed E-state index contributed by atoms with van der Waals surface area (Å²) < 4.78 is 5.75. The fourth-order valence-electron chi connectivity index (χ4n) is 3.22. The van der Waals surface area contributed by atoms with Crippen LogP contribution in [0.3, 0.4) is 0 Å². The molecule has 0 spiro atoms. The Hall–Kier alpha value is -0.610. The molecule has 1 amide bonds. The fourth-order valence-corrected chi connectivity index (χ4v) is 3.22. The van der Waals surface area contributed by atoms with E-state index in [2.05, 4.69) is 0 Å². The van der Waals surface area contributed by atoms with Gasteiger partial charge in [0.1, 0.15) is 0 Å². The first-order valence-electron chi connectivity index (χ1n) is 6.38. The smallest absolute Gasteiger partial charge is 0.230 e. The van der Waals surface area contributed by atoms with Gasteiger partial charge < -0.3 is 15.4 Å². The highest BCUT2D eigenvalue weighted by Crippen LogP contribution is 2.42. The minimum atomic E-state index is -0.212. The van der Waals surface area contributed by atoms with Crippen molar-refractivity contribution in [3.05, 3.63) is 0 Å². The normalized spacial score (nSPS) is 35.9. The van der Waals surface area contributed by atoms with E-state index in [0.29, 0.717) is 12.5 Å². The van der Waals surface area contributed by atoms with Gasteiger partial charge in [0.15, 0.2) is 0 Å². The van der Waals surface area contributed by atoms with E-state index in [4.69, 9.17) is 10.5 Å². The maximum atomic E-state index is 12.4. The first kappa shape index (κ1) is 10.5. The predicted octanol–water partition coefficient (Wildman–Crippen LogP) is 0.505. The average molecular weight is 224 g/mol. The molecule has 2 atom stereocenters. The lowest BCUT2D eigenvalue weighted by Gasteiger charge is -2.44. The largest absolute Gasteiger partial charge is 0.371 e. The topological polar surface area (TPSA) is 55.6 Å². The third-order valence-electron chi connectivity index (χ3n) is 4.49. The molecule has 16 heavy (non-hydrogen) atoms. The summed E-state index contributed by atoms with van der Waals surface area (Å²) in [7, 11) is 0. The first-order chi connectivity index (χ1) is 7.73. The standard InChI is InChI=1S/C12H20N2O2/c13-8-12(4-1-5-12)11(15)14-6-9-2-3-10(7-14)16-9/h9-10H,1-8,13H2. The summed E-state index contributed by atoms with van der Waals surface area (Å²) in [4.78, 5) is 14.5. The van der Waals surface area contributed by atoms with Crippen LogP contribution >= 0.6 is 0 Å². The van der Waals surface area contributed by atoms with E-state index in [-0.39, 0.29) is 17.6 Å². The Morgan fingerprint density at radius 2 is 1.94 bits per heavy atom. The van der Waals surface area contributed by atoms with Gasteiger partial charge in [-0.25, -0.2) is 0 Å². The van der Waals surface area contributed by atoms with E-state index in [0.717, 1.165) is 45.2 Å². The summed E-state index contributed by atoms with van der Waals surface area (Å²) in [6, 6.07) is 0. The van der Waals surface area contributed by atoms with Gasteiger partial charge in [0.25, 0.3) is 0 Å². The summed E-state index contributed by atoms with van der Waals surface area (Å²) in [6.07, 6.45) is 5.92. The summed E-state index contributed by atoms with van der Waals surface area (Å²) >= 11 is 0. The van der Waals surface area contributed by atoms with Crippen LogP contribution in [0.5, 0.6) is 0 Å². The molecule has 2 aliphatic heterocycles. The number of carbonyl (C=O) groups excluding carboxylic acids is 1. The van der Waals surface area contributed by atoms with Crippen LogP contribution in [0.15, 0.2) is 0 Å². The SMILES string of the molecule is NCC1(C(=O)N2CC3CCC(C2)O3)CCC1. The summed E-state index contributed by atoms with van der Waals surface area (Å²) in [5.41, 5.74) is 5.57. The van der Waals surface area contributed by atoms with Crippen molar-refractivity contribution >= 4 is 5.91 Å². The van der Waals surface area contributed by atoms with Gasteiger partial charge in [-0.05, 0) is 25.7 Å². The lowest BCUT2D eigenvalue weighted by Crippen LogP contribution is -2.56. The Balaban J connectivity index is 1.71. The molecule has 0 radical (unpaired) electrons. The van der Waals surface area contributed by atoms with E-state index in [1.165, 1.54) is 0 Å². The Bertz CT molecular complexity index is 284. The quantitative estimate of drug-likeness (QED) is 0.743. The van der Waals surface area contributed by atoms with Crippen molar-refractivity contribution in [3.8, 4) is 0 Å². The first-order valence-corrected chi connectivity index (χ1v) is 6.38. The minimum Gasteiger partial charge on any atom is -0.371 e. The van der Waals surface area contributed by atoms with E-state index >= 15 is 0 Å². The second kappa shape index (κ2) is 3.70. The molecule has 3 aliphatic rings. The third kappa shape index (κ3) is 1.47. The van der Waals surface area contributed by atoms with E-state index in [9.17, 15) is 4.79 Å². The van der Waals surface area contributed by atoms with Crippen LogP contribution < -0.4 is 5.73 Å². The van der Waals surface area contributed by atoms with Gasteiger partial charge >= 0.3 is 0 Å². The van der Waals surface area contributed by atoms with Gasteiger partial charge in [-0.15, -0.1) is 0 Å². The summed E-state index contributed by atoms with van der Waals surface area (Å²) in [6.45, 7) is 2.09. The molecule has 3 fully saturated rings. The van der Waals surface area contributed by atoms with Gasteiger partial charge in [-0.3, -0.25) is 4.79 Å². The van der Waals surface area contributed by atoms with Gasteiger partial charge in [0.05, 0.1) is 17.6 Å². The number of morpholine rings is 1. The van der Waals surface area contributed by atoms with E-state index in [1.54, 1.807) is 0 Å². The molecule has 0 aromatic rings. The van der Waals surface area contributed by atoms with Crippen LogP contribution in [0.4, 0.5) is 0 Å². The highest BCUT2D eigenvalue weighted by atomic mass is 16.5. The molecule has 4 heteroatoms. The number of nitrogens with two attached hydrogens (primary N) is 1. The number of rotatable bonds is 2. The zero-order chi connectivity index (χ0) is 11.2. The molecule has 1 aliphatic carbocycles. The van der Waals surface area contributed by atoms with Crippen molar-refractivity contribution in [1.82, 2.24) is 4.90 Å². The van der Waals surface area contributed by atoms with Crippen molar-refractivity contribution in [2.45, 2.75) is 44.3 Å². The predicted molar refractivity (Wildman–Crippen MR) is 59.8 cm³/mol. The van der Waals surface area contributed by atoms with Crippen LogP contribution in [0.1, 0.15) is 32.1 Å². The van der Waals surface area contributed by atoms with Crippen LogP contribution in [0.2, 0.25) is 0 Å². The van der Waals surface area contributed by atoms with Gasteiger partial charge in [-0.2, -0.15) is 0 Å². The Labute approximate surface area is 96.1 Å². The molecule has 4 nitrogen and oxygen atoms in total. The second-order valence-electron chi connectivity index (χ2n) is 5.51. The number of carbonyl (C=O) groups is 1. The Kier molecular flexibility index (Phi) is 2.44. The molecule has 2 heterocycles. The number of nitrogens with zero attached hydrogens (tertiary/aromatic N) is 1. The number of hydrogen-bond donors (Lipinski definition) is 1. The van der Waals surface area contributed by atoms with Crippen LogP contribution in [-0.4, -0.2) is 42.6 Å². The lowest BCUT2D eigenvalue weighted by molar-refractivity contribution is -0.155. The molecule has 0 aromatic heterocycles. The van der Waals surface area contributed by atoms with E-state index < -0.39 is 0 Å². The summed E-state index contributed by atoms with van der Waals surface area (Å²) in [5.74, 6) is 0.293. The highest BCUT2D eigenvalue weighted by Gasteiger charge is 2.47. The van der Waals surface area contributed by atoms with Crippen molar-refractivity contribution in [2.75, 3.05) is 19.6 Å². The lowest BCUT2D eigenvalue weighted by atomic mass is 9.67. The number of likely N-dealkylation sites (tertiary alicyclic amines) is 1. The third-order valence-corrected chi connectivity index (χ3v) is 4.49. The number of hydrogen-bond acceptors (Lipinski definition) is 3. The number of ether oxygens (including phenoxy) is 1. The second-order valence-corrected chi connectivity index (χ2v) is 5.51. The maximum Gasteiger partial charge on any atom is 0.230 e. The molecule has 2 bridgehead atoms. The zero-order valence-corrected chi connectivity index (χ0v) is 9.65. The molecule has 2 saturated heterocycles. The fraction of sp³-hybridized carbons (Fsp3) is 0.917. The molecule has 2 N–H and O–H groups in total. The monoisotopic (exact) mass is 224 g/mol. The Morgan fingerprint density at radius 3 is 2.38 bits per heavy atom. The maximum absolute atomic E-state index is 12.4. The number of fused-ring (bicyclic) bond motifs is 2. The molecular formula is C12H20N2O2. The minimum absolute atomic E-state index is 0.212. The average Bonchev–Trinajstić information content (AvgIpc) is 2.57. The van der Waals surface area contributed by atoms with Crippen molar-refractivity contribution < 1.29 is 9.53 Å². The van der Waals surface area contributed by atoms with Crippen molar-refractivity contribution in [2.24, 2.45) is 11.1 Å². The number of amides is 1. The zero-order valence-electron chi connectivity index (χ0n) is 9.65. The van der Waals surface area contributed by atoms with Crippen LogP contribution in [0, 0.1) is 5.41 Å². The molecule has 0 aromatic carbocycles. The highest BCUT2D eigenvalue weighted by molar-refractivity contribution is 5.84. The van der Waals surface area contributed by atoms with Crippen molar-refractivity contribution in [3.63, 3.8) is 0 Å². The summed E-state index contributed by atoms with van der Waals surface area (Å²) in [5, 5.41) is 0. The van der Waals surface area contributed by atoms with Crippen LogP contribution in [-0.2, 0) is 9.53 Å². The molecule has 1 saturated carbocycles. The Morgan fingerprint density at radius 1 is 1.31 bits per heavy atom. The molecule has 2 unspecified atom stereocenters. The van der Waals surface area contributed by atoms with Crippen LogP contribution in [0.25, 0.3) is 0 Å². The molecule has 3 rings (SSSR count). The van der Waals surface area contributed by atoms with Gasteiger partial charge in [0, 0.05) is 19.6 Å². The molecule has 90 valence electrons. The van der Waals surface area contributed by atoms with Gasteiger partial charge in [0.2, 0.25) is 5.91 Å². The van der Waals surface area contributed by atoms with E-state index in [1.807, 2.05) is 4.90 Å². The van der Waals surface area contributed by atoms with Crippen molar-refractivity contribution in [1.29, 1.82) is 0 Å².